The highest BCUT2D eigenvalue weighted by Crippen LogP contribution is 2.15. The van der Waals surface area contributed by atoms with Gasteiger partial charge in [0.25, 0.3) is 11.8 Å². The Morgan fingerprint density at radius 2 is 2.00 bits per heavy atom. The number of hydrogen-bond donors (Lipinski definition) is 1. The maximum atomic E-state index is 12.6. The van der Waals surface area contributed by atoms with Crippen molar-refractivity contribution in [3.05, 3.63) is 72.3 Å². The first-order valence-electron chi connectivity index (χ1n) is 7.64. The highest BCUT2D eigenvalue weighted by molar-refractivity contribution is 7.80. The number of rotatable bonds is 5. The smallest absolute Gasteiger partial charge is 0.266 e. The fourth-order valence-electron chi connectivity index (χ4n) is 2.50. The molecule has 0 saturated carbocycles. The van der Waals surface area contributed by atoms with Gasteiger partial charge in [-0.2, -0.15) is 0 Å². The number of amides is 2. The second kappa shape index (κ2) is 7.23. The van der Waals surface area contributed by atoms with E-state index in [0.29, 0.717) is 12.2 Å². The van der Waals surface area contributed by atoms with Crippen molar-refractivity contribution in [2.45, 2.75) is 6.54 Å². The molecular weight excluding hydrogens is 336 g/mol. The van der Waals surface area contributed by atoms with Crippen molar-refractivity contribution in [1.82, 2.24) is 19.8 Å². The Labute approximate surface area is 150 Å². The molecule has 0 spiro atoms. The summed E-state index contributed by atoms with van der Waals surface area (Å²) in [6.45, 7) is 4.43. The molecule has 1 aliphatic rings. The molecular formula is C18H16N4O2S. The number of thiocarbonyl (C=S) groups is 1. The van der Waals surface area contributed by atoms with E-state index in [4.69, 9.17) is 12.2 Å². The molecule has 1 fully saturated rings. The van der Waals surface area contributed by atoms with Crippen molar-refractivity contribution in [1.29, 1.82) is 0 Å². The average molecular weight is 352 g/mol. The van der Waals surface area contributed by atoms with Gasteiger partial charge in [0.05, 0.1) is 18.2 Å². The van der Waals surface area contributed by atoms with Crippen LogP contribution in [0.15, 0.2) is 61.1 Å². The lowest BCUT2D eigenvalue weighted by Crippen LogP contribution is -2.53. The van der Waals surface area contributed by atoms with Gasteiger partial charge in [-0.3, -0.25) is 19.8 Å². The first kappa shape index (κ1) is 16.8. The molecule has 2 amide bonds. The van der Waals surface area contributed by atoms with Crippen LogP contribution in [0, 0.1) is 0 Å². The van der Waals surface area contributed by atoms with Crippen molar-refractivity contribution < 1.29 is 9.59 Å². The minimum atomic E-state index is -0.511. The summed E-state index contributed by atoms with van der Waals surface area (Å²) in [6, 6.07) is 9.86. The standard InChI is InChI=1S/C18H16N4O2S/c1-2-8-22-17(24)15(16(23)20-18(22)25)9-14-10-19-12-21(14)11-13-6-4-3-5-7-13/h2-7,9-10,12H,1,8,11H2,(H,20,23,25)/b15-9-. The SMILES string of the molecule is C=CCN1C(=O)/C(=C\c2cncn2Cc2ccccc2)C(=O)NC1=S. The zero-order valence-electron chi connectivity index (χ0n) is 13.4. The van der Waals surface area contributed by atoms with Gasteiger partial charge in [-0.05, 0) is 23.9 Å². The van der Waals surface area contributed by atoms with Crippen molar-refractivity contribution in [3.63, 3.8) is 0 Å². The number of hydrogen-bond acceptors (Lipinski definition) is 4. The number of carbonyl (C=O) groups excluding carboxylic acids is 2. The van der Waals surface area contributed by atoms with Gasteiger partial charge in [-0.15, -0.1) is 6.58 Å². The average Bonchev–Trinajstić information content (AvgIpc) is 3.03. The van der Waals surface area contributed by atoms with Crippen LogP contribution in [0.5, 0.6) is 0 Å². The van der Waals surface area contributed by atoms with E-state index in [1.54, 1.807) is 18.6 Å². The van der Waals surface area contributed by atoms with Crippen molar-refractivity contribution in [2.24, 2.45) is 0 Å². The van der Waals surface area contributed by atoms with Crippen LogP contribution >= 0.6 is 12.2 Å². The summed E-state index contributed by atoms with van der Waals surface area (Å²) in [4.78, 5) is 30.2. The molecule has 25 heavy (non-hydrogen) atoms. The van der Waals surface area contributed by atoms with E-state index in [1.165, 1.54) is 11.0 Å². The van der Waals surface area contributed by atoms with Gasteiger partial charge in [0.2, 0.25) is 0 Å². The highest BCUT2D eigenvalue weighted by atomic mass is 32.1. The summed E-state index contributed by atoms with van der Waals surface area (Å²) in [7, 11) is 0. The van der Waals surface area contributed by atoms with Crippen LogP contribution in [0.1, 0.15) is 11.3 Å². The molecule has 0 atom stereocenters. The molecule has 1 aliphatic heterocycles. The van der Waals surface area contributed by atoms with Crippen LogP contribution < -0.4 is 5.32 Å². The zero-order valence-corrected chi connectivity index (χ0v) is 14.2. The minimum Gasteiger partial charge on any atom is -0.327 e. The maximum Gasteiger partial charge on any atom is 0.266 e. The summed E-state index contributed by atoms with van der Waals surface area (Å²) < 4.78 is 1.87. The van der Waals surface area contributed by atoms with Gasteiger partial charge in [0.1, 0.15) is 5.57 Å². The molecule has 0 aliphatic carbocycles. The summed E-state index contributed by atoms with van der Waals surface area (Å²) in [5.74, 6) is -0.955. The fraction of sp³-hybridized carbons (Fsp3) is 0.111. The fourth-order valence-corrected chi connectivity index (χ4v) is 2.75. The Kier molecular flexibility index (Phi) is 4.85. The predicted octanol–water partition coefficient (Wildman–Crippen LogP) is 1.74. The predicted molar refractivity (Wildman–Crippen MR) is 98.4 cm³/mol. The molecule has 1 N–H and O–H groups in total. The van der Waals surface area contributed by atoms with Crippen LogP contribution in [-0.4, -0.2) is 37.9 Å². The molecule has 7 heteroatoms. The molecule has 126 valence electrons. The van der Waals surface area contributed by atoms with Crippen LogP contribution in [-0.2, 0) is 16.1 Å². The van der Waals surface area contributed by atoms with Crippen LogP contribution in [0.4, 0.5) is 0 Å². The molecule has 3 rings (SSSR count). The Morgan fingerprint density at radius 3 is 2.72 bits per heavy atom. The van der Waals surface area contributed by atoms with Crippen molar-refractivity contribution in [2.75, 3.05) is 6.54 Å². The third kappa shape index (κ3) is 3.56. The Bertz CT molecular complexity index is 870. The second-order valence-electron chi connectivity index (χ2n) is 5.45. The number of nitrogens with zero attached hydrogens (tertiary/aromatic N) is 3. The normalized spacial score (nSPS) is 16.2. The molecule has 1 aromatic heterocycles. The topological polar surface area (TPSA) is 67.2 Å². The van der Waals surface area contributed by atoms with E-state index in [-0.39, 0.29) is 17.2 Å². The lowest BCUT2D eigenvalue weighted by atomic mass is 10.1. The monoisotopic (exact) mass is 352 g/mol. The lowest BCUT2D eigenvalue weighted by Gasteiger charge is -2.27. The lowest BCUT2D eigenvalue weighted by molar-refractivity contribution is -0.128. The molecule has 0 bridgehead atoms. The van der Waals surface area contributed by atoms with Gasteiger partial charge >= 0.3 is 0 Å². The number of benzene rings is 1. The third-order valence-corrected chi connectivity index (χ3v) is 4.05. The molecule has 2 heterocycles. The first-order valence-corrected chi connectivity index (χ1v) is 8.05. The maximum absolute atomic E-state index is 12.6. The number of carbonyl (C=O) groups is 2. The van der Waals surface area contributed by atoms with Gasteiger partial charge in [0, 0.05) is 13.1 Å². The second-order valence-corrected chi connectivity index (χ2v) is 5.84. The van der Waals surface area contributed by atoms with Crippen molar-refractivity contribution >= 4 is 35.2 Å². The minimum absolute atomic E-state index is 0.0188. The Balaban J connectivity index is 1.91. The van der Waals surface area contributed by atoms with E-state index in [1.807, 2.05) is 34.9 Å². The van der Waals surface area contributed by atoms with Gasteiger partial charge in [0.15, 0.2) is 5.11 Å². The van der Waals surface area contributed by atoms with E-state index < -0.39 is 11.8 Å². The van der Waals surface area contributed by atoms with Crippen LogP contribution in [0.25, 0.3) is 6.08 Å². The summed E-state index contributed by atoms with van der Waals surface area (Å²) >= 11 is 5.04. The molecule has 0 radical (unpaired) electrons. The van der Waals surface area contributed by atoms with Gasteiger partial charge in [-0.1, -0.05) is 36.4 Å². The number of aromatic nitrogens is 2. The summed E-state index contributed by atoms with van der Waals surface area (Å²) in [5.41, 5.74) is 1.77. The number of nitrogens with one attached hydrogen (secondary N) is 1. The quantitative estimate of drug-likeness (QED) is 0.385. The Morgan fingerprint density at radius 1 is 1.24 bits per heavy atom. The van der Waals surface area contributed by atoms with E-state index in [9.17, 15) is 9.59 Å². The molecule has 0 unspecified atom stereocenters. The zero-order chi connectivity index (χ0) is 17.8. The van der Waals surface area contributed by atoms with Crippen LogP contribution in [0.3, 0.4) is 0 Å². The molecule has 6 nitrogen and oxygen atoms in total. The first-order chi connectivity index (χ1) is 12.1. The van der Waals surface area contributed by atoms with Crippen molar-refractivity contribution in [3.8, 4) is 0 Å². The number of imidazole rings is 1. The molecule has 1 aromatic carbocycles. The Hall–Kier alpha value is -3.06. The van der Waals surface area contributed by atoms with Gasteiger partial charge < -0.3 is 4.57 Å². The highest BCUT2D eigenvalue weighted by Gasteiger charge is 2.32. The molecule has 2 aromatic rings. The summed E-state index contributed by atoms with van der Waals surface area (Å²) in [5, 5.41) is 2.62. The van der Waals surface area contributed by atoms with Gasteiger partial charge in [-0.25, -0.2) is 4.98 Å². The summed E-state index contributed by atoms with van der Waals surface area (Å²) in [6.07, 6.45) is 6.36. The third-order valence-electron chi connectivity index (χ3n) is 3.73. The van der Waals surface area contributed by atoms with Crippen LogP contribution in [0.2, 0.25) is 0 Å². The van der Waals surface area contributed by atoms with E-state index in [2.05, 4.69) is 16.9 Å². The largest absolute Gasteiger partial charge is 0.327 e. The van der Waals surface area contributed by atoms with E-state index in [0.717, 1.165) is 5.56 Å². The van der Waals surface area contributed by atoms with E-state index >= 15 is 0 Å². The molecule has 1 saturated heterocycles.